The molecule has 0 amide bonds. The fourth-order valence-electron chi connectivity index (χ4n) is 5.36. The molecule has 0 fully saturated rings. The number of rotatable bonds is 19. The average molecular weight is 674 g/mol. The molecule has 1 unspecified atom stereocenters. The van der Waals surface area contributed by atoms with E-state index in [2.05, 4.69) is 83.3 Å². The molecule has 40 heavy (non-hydrogen) atoms. The van der Waals surface area contributed by atoms with Crippen LogP contribution >= 0.6 is 8.92 Å². The van der Waals surface area contributed by atoms with Gasteiger partial charge in [-0.2, -0.15) is 0 Å². The Bertz CT molecular complexity index is 1050. The van der Waals surface area contributed by atoms with E-state index < -0.39 is 17.3 Å². The molecule has 3 heteroatoms. The third kappa shape index (κ3) is 15.9. The van der Waals surface area contributed by atoms with E-state index in [1.165, 1.54) is 124 Å². The molecular weight excluding hydrogens is 615 g/mol. The summed E-state index contributed by atoms with van der Waals surface area (Å²) in [5.41, 5.74) is 0. The Labute approximate surface area is 255 Å². The minimum atomic E-state index is -1.71. The van der Waals surface area contributed by atoms with E-state index in [9.17, 15) is 0 Å². The van der Waals surface area contributed by atoms with Gasteiger partial charge < -0.3 is 4.74 Å². The van der Waals surface area contributed by atoms with E-state index in [-0.39, 0.29) is 0 Å². The second-order valence-electron chi connectivity index (χ2n) is 12.7. The van der Waals surface area contributed by atoms with Gasteiger partial charge in [0.05, 0.1) is 6.61 Å². The third-order valence-electron chi connectivity index (χ3n) is 7.61. The van der Waals surface area contributed by atoms with Crippen molar-refractivity contribution in [1.29, 1.82) is 0 Å². The summed E-state index contributed by atoms with van der Waals surface area (Å²) in [6.07, 6.45) is 22.1. The number of halogens is 1. The van der Waals surface area contributed by atoms with Gasteiger partial charge in [0.1, 0.15) is 5.75 Å². The zero-order valence-electron chi connectivity index (χ0n) is 26.6. The van der Waals surface area contributed by atoms with Crippen LogP contribution in [0.15, 0.2) is 54.6 Å². The predicted octanol–water partition coefficient (Wildman–Crippen LogP) is 13.3. The van der Waals surface area contributed by atoms with Gasteiger partial charge in [0, 0.05) is 5.39 Å². The van der Waals surface area contributed by atoms with Crippen LogP contribution in [0.3, 0.4) is 0 Å². The Morgan fingerprint density at radius 3 is 1.57 bits per heavy atom. The molecule has 0 radical (unpaired) electrons. The Balaban J connectivity index is 0.00000103. The molecule has 1 nitrogen and oxygen atoms in total. The van der Waals surface area contributed by atoms with Crippen LogP contribution < -0.4 is 4.74 Å². The van der Waals surface area contributed by atoms with Gasteiger partial charge in [-0.15, -0.1) is 0 Å². The van der Waals surface area contributed by atoms with Crippen LogP contribution in [0, 0.1) is 5.92 Å². The van der Waals surface area contributed by atoms with Gasteiger partial charge in [0.15, 0.2) is 0 Å². The molecule has 0 saturated carbocycles. The quantitative estimate of drug-likeness (QED) is 0.0699. The van der Waals surface area contributed by atoms with Crippen molar-refractivity contribution in [2.45, 2.75) is 131 Å². The summed E-state index contributed by atoms with van der Waals surface area (Å²) in [5.74, 6) is 1.73. The molecule has 0 aliphatic heterocycles. The zero-order chi connectivity index (χ0) is 29.1. The number of benzene rings is 3. The molecule has 0 spiro atoms. The molecule has 3 aromatic carbocycles. The summed E-state index contributed by atoms with van der Waals surface area (Å²) in [5, 5.41) is 5.11. The zero-order valence-corrected chi connectivity index (χ0v) is 30.2. The Morgan fingerprint density at radius 1 is 0.600 bits per heavy atom. The minimum absolute atomic E-state index is 0.678. The molecular formula is C37H59ClOSn. The van der Waals surface area contributed by atoms with E-state index in [0.717, 1.165) is 12.4 Å². The van der Waals surface area contributed by atoms with Crippen molar-refractivity contribution < 1.29 is 4.74 Å². The normalized spacial score (nSPS) is 12.3. The molecule has 0 heterocycles. The van der Waals surface area contributed by atoms with E-state index in [1.54, 1.807) is 0 Å². The van der Waals surface area contributed by atoms with Crippen LogP contribution in [0.2, 0.25) is 14.8 Å². The molecule has 0 saturated heterocycles. The second-order valence-corrected chi connectivity index (χ2v) is 32.1. The number of fused-ring (bicyclic) bond motifs is 2. The molecule has 3 rings (SSSR count). The monoisotopic (exact) mass is 674 g/mol. The van der Waals surface area contributed by atoms with Crippen LogP contribution in [-0.4, -0.2) is 23.9 Å². The van der Waals surface area contributed by atoms with Crippen LogP contribution in [0.1, 0.15) is 117 Å². The molecule has 0 aliphatic carbocycles. The SMILES string of the molecule is CCCCCCCCCCC(CCCCCCCC)COc1cccc2cc3ccccc3cc12.[CH3][Sn]([CH3])([CH3])[Cl]. The van der Waals surface area contributed by atoms with Crippen molar-refractivity contribution >= 4 is 47.7 Å². The second kappa shape index (κ2) is 20.9. The summed E-state index contributed by atoms with van der Waals surface area (Å²) in [7, 11) is 5.74. The number of unbranched alkanes of at least 4 members (excludes halogenated alkanes) is 12. The van der Waals surface area contributed by atoms with Gasteiger partial charge in [-0.3, -0.25) is 0 Å². The van der Waals surface area contributed by atoms with Crippen molar-refractivity contribution in [3.8, 4) is 5.75 Å². The van der Waals surface area contributed by atoms with Crippen molar-refractivity contribution in [1.82, 2.24) is 0 Å². The number of hydrogen-bond donors (Lipinski definition) is 0. The fraction of sp³-hybridized carbons (Fsp3) is 0.622. The van der Waals surface area contributed by atoms with E-state index in [0.29, 0.717) is 5.92 Å². The first-order chi connectivity index (χ1) is 19.3. The maximum absolute atomic E-state index is 6.55. The summed E-state index contributed by atoms with van der Waals surface area (Å²) in [4.78, 5) is 6.49. The molecule has 0 bridgehead atoms. The van der Waals surface area contributed by atoms with Crippen molar-refractivity contribution in [2.24, 2.45) is 5.92 Å². The maximum atomic E-state index is 6.55. The van der Waals surface area contributed by atoms with Crippen molar-refractivity contribution in [3.63, 3.8) is 0 Å². The molecule has 0 aromatic heterocycles. The van der Waals surface area contributed by atoms with Crippen LogP contribution in [-0.2, 0) is 0 Å². The van der Waals surface area contributed by atoms with Crippen LogP contribution in [0.4, 0.5) is 0 Å². The van der Waals surface area contributed by atoms with E-state index in [1.807, 2.05) is 0 Å². The van der Waals surface area contributed by atoms with Gasteiger partial charge in [0.25, 0.3) is 0 Å². The number of hydrogen-bond acceptors (Lipinski definition) is 1. The van der Waals surface area contributed by atoms with Gasteiger partial charge in [-0.1, -0.05) is 140 Å². The van der Waals surface area contributed by atoms with E-state index in [4.69, 9.17) is 13.7 Å². The molecule has 0 N–H and O–H groups in total. The van der Waals surface area contributed by atoms with Gasteiger partial charge in [0.2, 0.25) is 0 Å². The van der Waals surface area contributed by atoms with Crippen LogP contribution in [0.25, 0.3) is 21.5 Å². The first kappa shape index (κ1) is 35.3. The summed E-state index contributed by atoms with van der Waals surface area (Å²) in [6.45, 7) is 5.46. The summed E-state index contributed by atoms with van der Waals surface area (Å²) in [6, 6.07) is 19.8. The van der Waals surface area contributed by atoms with Gasteiger partial charge >= 0.3 is 41.0 Å². The molecule has 1 atom stereocenters. The Kier molecular flexibility index (Phi) is 18.4. The standard InChI is InChI=1S/C34H50O.3CH3.ClH.Sn/c1-3-5-7-9-11-12-14-16-21-29(20-15-13-10-8-6-4-2)28-35-34-25-19-24-32-26-30-22-17-18-23-31(30)27-33(32)34;;;;;/h17-19,22-27,29H,3-16,20-21,28H2,1-2H3;3*1H3;1H;/q;;;;;+1/p-1. The topological polar surface area (TPSA) is 9.23 Å². The Hall–Kier alpha value is -0.931. The summed E-state index contributed by atoms with van der Waals surface area (Å²) >= 11 is -1.71. The van der Waals surface area contributed by atoms with Crippen molar-refractivity contribution in [2.75, 3.05) is 6.61 Å². The summed E-state index contributed by atoms with van der Waals surface area (Å²) < 4.78 is 6.55. The van der Waals surface area contributed by atoms with E-state index >= 15 is 0 Å². The van der Waals surface area contributed by atoms with Gasteiger partial charge in [-0.25, -0.2) is 0 Å². The molecule has 0 aliphatic rings. The predicted molar refractivity (Wildman–Crippen MR) is 185 cm³/mol. The Morgan fingerprint density at radius 2 is 1.05 bits per heavy atom. The van der Waals surface area contributed by atoms with Crippen LogP contribution in [0.5, 0.6) is 5.75 Å². The third-order valence-corrected chi connectivity index (χ3v) is 7.61. The first-order valence-electron chi connectivity index (χ1n) is 16.5. The van der Waals surface area contributed by atoms with Crippen molar-refractivity contribution in [3.05, 3.63) is 54.6 Å². The van der Waals surface area contributed by atoms with Gasteiger partial charge in [-0.05, 0) is 53.1 Å². The number of ether oxygens (including phenoxy) is 1. The average Bonchev–Trinajstić information content (AvgIpc) is 2.92. The molecule has 3 aromatic rings. The fourth-order valence-corrected chi connectivity index (χ4v) is 5.36. The molecule has 224 valence electrons. The first-order valence-corrected chi connectivity index (χ1v) is 28.7.